The maximum Gasteiger partial charge on any atom is 0.333 e. The van der Waals surface area contributed by atoms with E-state index in [2.05, 4.69) is 174 Å². The zero-order valence-corrected chi connectivity index (χ0v) is 31.0. The van der Waals surface area contributed by atoms with Gasteiger partial charge in [0, 0.05) is 61.3 Å². The van der Waals surface area contributed by atoms with Crippen LogP contribution in [0.3, 0.4) is 0 Å². The zero-order valence-electron chi connectivity index (χ0n) is 31.0. The van der Waals surface area contributed by atoms with Crippen LogP contribution in [-0.4, -0.2) is 17.0 Å². The van der Waals surface area contributed by atoms with E-state index in [-0.39, 0.29) is 17.8 Å². The van der Waals surface area contributed by atoms with Crippen LogP contribution in [0, 0.1) is 0 Å². The Bertz CT molecular complexity index is 3120. The molecule has 0 radical (unpaired) electrons. The molecule has 3 aliphatic heterocycles. The van der Waals surface area contributed by atoms with Crippen LogP contribution in [0.1, 0.15) is 45.1 Å². The van der Waals surface area contributed by atoms with Gasteiger partial charge in [-0.25, -0.2) is 0 Å². The number of para-hydroxylation sites is 5. The molecule has 0 bridgehead atoms. The minimum atomic E-state index is -0.0843. The second-order valence-electron chi connectivity index (χ2n) is 16.7. The van der Waals surface area contributed by atoms with Gasteiger partial charge in [-0.15, -0.1) is 0 Å². The molecule has 13 rings (SSSR count). The average Bonchev–Trinajstić information content (AvgIpc) is 3.84. The Morgan fingerprint density at radius 2 is 1.31 bits per heavy atom. The van der Waals surface area contributed by atoms with Crippen LogP contribution >= 0.6 is 0 Å². The number of furan rings is 1. The molecule has 0 saturated heterocycles. The fourth-order valence-electron chi connectivity index (χ4n) is 11.7. The standard InChI is InChI=1S/C50H38BN3O/c1-49-26-14-15-27-50(49,2)53(40-23-11-8-20-37(40)49)43-29-36-34-28-35-32-18-7-13-25-44(32)55-45(35)30-42(34)54(31-16-4-3-5-17-31)51-38-21-9-12-24-41(38)52-39-22-10-6-19-33(39)46(43)48(52)47(36)51/h3-13,16-25,28-30H,14-15,26-27H2,1-2H3. The van der Waals surface area contributed by atoms with Gasteiger partial charge in [0.2, 0.25) is 0 Å². The van der Waals surface area contributed by atoms with Crippen molar-refractivity contribution in [2.75, 3.05) is 9.71 Å². The van der Waals surface area contributed by atoms with E-state index >= 15 is 0 Å². The molecule has 1 fully saturated rings. The molecule has 2 unspecified atom stereocenters. The van der Waals surface area contributed by atoms with Gasteiger partial charge < -0.3 is 18.7 Å². The van der Waals surface area contributed by atoms with Crippen molar-refractivity contribution in [1.29, 1.82) is 0 Å². The second kappa shape index (κ2) is 10.3. The lowest BCUT2D eigenvalue weighted by Gasteiger charge is -2.51. The van der Waals surface area contributed by atoms with E-state index in [1.807, 2.05) is 0 Å². The maximum absolute atomic E-state index is 6.64. The molecule has 4 nitrogen and oxygen atoms in total. The van der Waals surface area contributed by atoms with Gasteiger partial charge >= 0.3 is 6.85 Å². The summed E-state index contributed by atoms with van der Waals surface area (Å²) in [6.07, 6.45) is 4.86. The Hall–Kier alpha value is -6.20. The molecule has 0 spiro atoms. The van der Waals surface area contributed by atoms with Crippen LogP contribution in [0.25, 0.3) is 60.6 Å². The quantitative estimate of drug-likeness (QED) is 0.167. The summed E-state index contributed by atoms with van der Waals surface area (Å²) >= 11 is 0. The SMILES string of the molecule is CC12CCCCC1(C)N(c1cc3c4c5c1c1ccccc1n5-c1ccccc1B4N(c1ccccc1)c1cc4oc5ccccc5c4cc1-3)c1ccccc12. The molecule has 55 heavy (non-hydrogen) atoms. The summed E-state index contributed by atoms with van der Waals surface area (Å²) in [7, 11) is 0. The van der Waals surface area contributed by atoms with Crippen LogP contribution in [0.5, 0.6) is 0 Å². The monoisotopic (exact) mass is 707 g/mol. The fourth-order valence-corrected chi connectivity index (χ4v) is 11.7. The number of hydrogen-bond acceptors (Lipinski definition) is 3. The fraction of sp³-hybridized carbons (Fsp3) is 0.160. The first-order valence-electron chi connectivity index (χ1n) is 19.9. The van der Waals surface area contributed by atoms with E-state index in [0.717, 1.165) is 28.4 Å². The number of benzene rings is 7. The van der Waals surface area contributed by atoms with Crippen molar-refractivity contribution < 1.29 is 4.42 Å². The van der Waals surface area contributed by atoms with Gasteiger partial charge in [0.25, 0.3) is 0 Å². The average molecular weight is 708 g/mol. The number of aromatic nitrogens is 1. The Kier molecular flexibility index (Phi) is 5.65. The number of nitrogens with zero attached hydrogens (tertiary/aromatic N) is 3. The van der Waals surface area contributed by atoms with E-state index in [1.165, 1.54) is 97.1 Å². The third kappa shape index (κ3) is 3.56. The van der Waals surface area contributed by atoms with Crippen LogP contribution in [0.2, 0.25) is 0 Å². The molecule has 9 aromatic rings. The van der Waals surface area contributed by atoms with Crippen LogP contribution in [-0.2, 0) is 5.41 Å². The molecule has 5 heterocycles. The molecule has 0 N–H and O–H groups in total. The van der Waals surface area contributed by atoms with Gasteiger partial charge in [0.15, 0.2) is 0 Å². The third-order valence-electron chi connectivity index (χ3n) is 14.3. The first-order valence-corrected chi connectivity index (χ1v) is 19.9. The summed E-state index contributed by atoms with van der Waals surface area (Å²) in [5.74, 6) is 0. The molecule has 1 aliphatic carbocycles. The van der Waals surface area contributed by atoms with E-state index in [4.69, 9.17) is 4.42 Å². The Balaban J connectivity index is 1.25. The molecule has 262 valence electrons. The summed E-state index contributed by atoms with van der Waals surface area (Å²) in [5.41, 5.74) is 17.4. The molecule has 2 atom stereocenters. The zero-order chi connectivity index (χ0) is 36.2. The van der Waals surface area contributed by atoms with Crippen molar-refractivity contribution in [3.05, 3.63) is 151 Å². The normalized spacial score (nSPS) is 20.7. The van der Waals surface area contributed by atoms with Gasteiger partial charge in [-0.2, -0.15) is 0 Å². The number of rotatable bonds is 2. The van der Waals surface area contributed by atoms with Gasteiger partial charge in [-0.1, -0.05) is 111 Å². The van der Waals surface area contributed by atoms with Crippen LogP contribution in [0.15, 0.2) is 150 Å². The minimum absolute atomic E-state index is 0.0402. The van der Waals surface area contributed by atoms with Gasteiger partial charge in [0.05, 0.1) is 22.3 Å². The lowest BCUT2D eigenvalue weighted by atomic mass is 9.44. The first-order chi connectivity index (χ1) is 27.0. The topological polar surface area (TPSA) is 24.6 Å². The lowest BCUT2D eigenvalue weighted by molar-refractivity contribution is 0.195. The highest BCUT2D eigenvalue weighted by molar-refractivity contribution is 6.93. The van der Waals surface area contributed by atoms with Crippen LogP contribution < -0.4 is 20.6 Å². The highest BCUT2D eigenvalue weighted by atomic mass is 16.3. The molecule has 2 aromatic heterocycles. The summed E-state index contributed by atoms with van der Waals surface area (Å²) in [4.78, 5) is 5.40. The predicted octanol–water partition coefficient (Wildman–Crippen LogP) is 11.7. The Labute approximate surface area is 320 Å². The summed E-state index contributed by atoms with van der Waals surface area (Å²) in [6, 6.07) is 54.4. The smallest absolute Gasteiger partial charge is 0.333 e. The van der Waals surface area contributed by atoms with Crippen molar-refractivity contribution in [1.82, 2.24) is 4.57 Å². The largest absolute Gasteiger partial charge is 0.456 e. The number of fused-ring (bicyclic) bond motifs is 14. The van der Waals surface area contributed by atoms with Gasteiger partial charge in [-0.05, 0) is 90.3 Å². The predicted molar refractivity (Wildman–Crippen MR) is 230 cm³/mol. The Morgan fingerprint density at radius 3 is 2.20 bits per heavy atom. The molecule has 4 aliphatic rings. The van der Waals surface area contributed by atoms with Crippen molar-refractivity contribution in [3.63, 3.8) is 0 Å². The molecular weight excluding hydrogens is 669 g/mol. The van der Waals surface area contributed by atoms with E-state index in [9.17, 15) is 0 Å². The molecule has 5 heteroatoms. The molecule has 0 amide bonds. The van der Waals surface area contributed by atoms with Gasteiger partial charge in [0.1, 0.15) is 11.2 Å². The Morgan fingerprint density at radius 1 is 0.582 bits per heavy atom. The summed E-state index contributed by atoms with van der Waals surface area (Å²) < 4.78 is 9.24. The third-order valence-corrected chi connectivity index (χ3v) is 14.3. The van der Waals surface area contributed by atoms with Crippen LogP contribution in [0.4, 0.5) is 22.7 Å². The van der Waals surface area contributed by atoms with E-state index in [1.54, 1.807) is 0 Å². The molecular formula is C50H38BN3O. The highest BCUT2D eigenvalue weighted by Crippen LogP contribution is 2.62. The molecule has 1 saturated carbocycles. The second-order valence-corrected chi connectivity index (χ2v) is 16.7. The van der Waals surface area contributed by atoms with Gasteiger partial charge in [-0.3, -0.25) is 0 Å². The van der Waals surface area contributed by atoms with Crippen molar-refractivity contribution in [3.8, 4) is 16.8 Å². The number of anilines is 4. The summed E-state index contributed by atoms with van der Waals surface area (Å²) in [5, 5.41) is 4.97. The van der Waals surface area contributed by atoms with E-state index in [0.29, 0.717) is 0 Å². The van der Waals surface area contributed by atoms with Crippen molar-refractivity contribution in [2.24, 2.45) is 0 Å². The first kappa shape index (κ1) is 30.2. The number of hydrogen-bond donors (Lipinski definition) is 0. The molecule has 7 aromatic carbocycles. The summed E-state index contributed by atoms with van der Waals surface area (Å²) in [6.45, 7) is 5.07. The maximum atomic E-state index is 6.64. The minimum Gasteiger partial charge on any atom is -0.456 e. The van der Waals surface area contributed by atoms with E-state index < -0.39 is 0 Å². The van der Waals surface area contributed by atoms with Crippen molar-refractivity contribution in [2.45, 2.75) is 50.5 Å². The lowest BCUT2D eigenvalue weighted by Crippen LogP contribution is -2.60. The highest BCUT2D eigenvalue weighted by Gasteiger charge is 2.58. The van der Waals surface area contributed by atoms with Crippen molar-refractivity contribution >= 4 is 84.3 Å².